The number of carbonyl (C=O) groups is 2. The molecule has 11 N–H and O–H groups in total. The van der Waals surface area contributed by atoms with E-state index in [0.29, 0.717) is 34.8 Å². The Hall–Kier alpha value is -0.950. The van der Waals surface area contributed by atoms with Crippen molar-refractivity contribution in [2.75, 3.05) is 43.6 Å². The lowest BCUT2D eigenvalue weighted by atomic mass is 9.80. The molecule has 2 rings (SSSR count). The lowest BCUT2D eigenvalue weighted by molar-refractivity contribution is -0.434. The van der Waals surface area contributed by atoms with Crippen LogP contribution in [0.2, 0.25) is 0 Å². The van der Waals surface area contributed by atoms with Crippen LogP contribution < -0.4 is 38.2 Å². The van der Waals surface area contributed by atoms with Gasteiger partial charge >= 0.3 is 0 Å². The Morgan fingerprint density at radius 3 is 1.89 bits per heavy atom. The number of carbonyl (C=O) groups excluding carboxylic acids is 2. The first-order valence-corrected chi connectivity index (χ1v) is 17.3. The van der Waals surface area contributed by atoms with Gasteiger partial charge in [0.25, 0.3) is 0 Å². The molecule has 2 amide bonds. The van der Waals surface area contributed by atoms with E-state index in [1.807, 2.05) is 35.3 Å². The third kappa shape index (κ3) is 13.9. The number of thioether (sulfide) groups is 3. The highest BCUT2D eigenvalue weighted by molar-refractivity contribution is 8.03. The fourth-order valence-electron chi connectivity index (χ4n) is 4.55. The summed E-state index contributed by atoms with van der Waals surface area (Å²) >= 11 is 5.86. The molecule has 218 valence electrons. The fourth-order valence-corrected chi connectivity index (χ4v) is 8.66. The molecule has 2 saturated carbocycles. The summed E-state index contributed by atoms with van der Waals surface area (Å²) in [5.41, 5.74) is 18.0. The summed E-state index contributed by atoms with van der Waals surface area (Å²) < 4.78 is 0. The van der Waals surface area contributed by atoms with E-state index in [9.17, 15) is 9.59 Å². The van der Waals surface area contributed by atoms with Crippen LogP contribution >= 0.6 is 35.3 Å². The number of hydrogen-bond acceptors (Lipinski definition) is 7. The highest BCUT2D eigenvalue weighted by atomic mass is 32.2. The van der Waals surface area contributed by atoms with Crippen LogP contribution in [-0.2, 0) is 9.59 Å². The fraction of sp³-hybridized carbons (Fsp3) is 0.846. The number of nitrogens with one attached hydrogen (secondary N) is 3. The van der Waals surface area contributed by atoms with Gasteiger partial charge in [-0.3, -0.25) is 25.7 Å². The van der Waals surface area contributed by atoms with Crippen molar-refractivity contribution in [3.05, 3.63) is 0 Å². The van der Waals surface area contributed by atoms with Crippen molar-refractivity contribution in [3.8, 4) is 0 Å². The van der Waals surface area contributed by atoms with E-state index >= 15 is 0 Å². The zero-order chi connectivity index (χ0) is 27.6. The Morgan fingerprint density at radius 2 is 1.34 bits per heavy atom. The summed E-state index contributed by atoms with van der Waals surface area (Å²) in [4.78, 5) is 25.8. The second-order valence-electron chi connectivity index (χ2n) is 10.2. The summed E-state index contributed by atoms with van der Waals surface area (Å²) in [6.45, 7) is 1.51. The van der Waals surface area contributed by atoms with E-state index in [-0.39, 0.29) is 24.9 Å². The van der Waals surface area contributed by atoms with Crippen molar-refractivity contribution >= 4 is 58.6 Å². The van der Waals surface area contributed by atoms with E-state index in [0.717, 1.165) is 61.0 Å². The summed E-state index contributed by atoms with van der Waals surface area (Å²) in [6, 6.07) is 0. The van der Waals surface area contributed by atoms with E-state index in [1.165, 1.54) is 38.5 Å². The molecule has 0 aliphatic heterocycles. The largest absolute Gasteiger partial charge is 0.354 e. The molecule has 0 radical (unpaired) electrons. The molecule has 12 heteroatoms. The minimum Gasteiger partial charge on any atom is -0.354 e. The SMILES string of the molecule is NCC(=O)NCCSC1CCC1CC(=[NH2+])CCCCCC/C(N)=[NH+]/CSC1CCC1SCCNC(=O)CN. The van der Waals surface area contributed by atoms with Gasteiger partial charge in [0.2, 0.25) is 17.6 Å². The minimum absolute atomic E-state index is 0.0612. The van der Waals surface area contributed by atoms with Crippen molar-refractivity contribution in [2.24, 2.45) is 23.1 Å². The van der Waals surface area contributed by atoms with Crippen LogP contribution in [0.1, 0.15) is 70.6 Å². The van der Waals surface area contributed by atoms with Gasteiger partial charge in [0.05, 0.1) is 13.1 Å². The first-order chi connectivity index (χ1) is 18.4. The molecule has 4 atom stereocenters. The van der Waals surface area contributed by atoms with Crippen LogP contribution in [0, 0.1) is 5.92 Å². The molecule has 2 fully saturated rings. The van der Waals surface area contributed by atoms with Gasteiger partial charge in [-0.15, -0.1) is 11.8 Å². The molecule has 0 saturated heterocycles. The number of hydrogen-bond donors (Lipinski definition) is 7. The summed E-state index contributed by atoms with van der Waals surface area (Å²) in [6.07, 6.45) is 12.7. The van der Waals surface area contributed by atoms with E-state index in [2.05, 4.69) is 15.6 Å². The molecule has 4 unspecified atom stereocenters. The van der Waals surface area contributed by atoms with Gasteiger partial charge < -0.3 is 22.1 Å². The van der Waals surface area contributed by atoms with Crippen molar-refractivity contribution in [1.82, 2.24) is 10.6 Å². The Labute approximate surface area is 241 Å². The Kier molecular flexibility index (Phi) is 17.5. The summed E-state index contributed by atoms with van der Waals surface area (Å²) in [7, 11) is 0. The van der Waals surface area contributed by atoms with E-state index < -0.39 is 0 Å². The molecule has 2 aliphatic rings. The second kappa shape index (κ2) is 20.0. The number of unbranched alkanes of at least 4 members (excludes halogenated alkanes) is 3. The molecule has 9 nitrogen and oxygen atoms in total. The van der Waals surface area contributed by atoms with Gasteiger partial charge in [0.15, 0.2) is 0 Å². The van der Waals surface area contributed by atoms with E-state index in [4.69, 9.17) is 22.6 Å². The number of amides is 2. The average molecular weight is 590 g/mol. The quantitative estimate of drug-likeness (QED) is 0.0363. The first-order valence-electron chi connectivity index (χ1n) is 14.2. The van der Waals surface area contributed by atoms with Crippen molar-refractivity contribution in [3.63, 3.8) is 0 Å². The Balaban J connectivity index is 1.42. The van der Waals surface area contributed by atoms with Gasteiger partial charge in [-0.1, -0.05) is 12.8 Å². The standard InChI is InChI=1S/C26H49N7O2S3/c27-16-25(34)31-11-13-36-21-8-7-19(21)15-20(29)5-3-1-2-4-6-24(30)33-18-38-23-10-9-22(23)37-14-12-32-26(35)17-28/h19,21-23,29H,1-18,27-28H2,(H2,30,33)(H,31,34)(H,32,35)/p+2. The van der Waals surface area contributed by atoms with Crippen molar-refractivity contribution < 1.29 is 20.0 Å². The van der Waals surface area contributed by atoms with Gasteiger partial charge in [0, 0.05) is 59.6 Å². The second-order valence-corrected chi connectivity index (χ2v) is 14.1. The van der Waals surface area contributed by atoms with Gasteiger partial charge in [0.1, 0.15) is 11.6 Å². The molecule has 0 bridgehead atoms. The van der Waals surface area contributed by atoms with Crippen LogP contribution in [0.3, 0.4) is 0 Å². The van der Waals surface area contributed by atoms with Crippen molar-refractivity contribution in [2.45, 2.75) is 86.4 Å². The van der Waals surface area contributed by atoms with Crippen LogP contribution in [0.25, 0.3) is 0 Å². The van der Waals surface area contributed by atoms with Gasteiger partial charge in [-0.2, -0.15) is 23.5 Å². The summed E-state index contributed by atoms with van der Waals surface area (Å²) in [5, 5.41) is 14.0. The molecule has 0 aromatic carbocycles. The van der Waals surface area contributed by atoms with Gasteiger partial charge in [-0.05, 0) is 44.4 Å². The van der Waals surface area contributed by atoms with Crippen LogP contribution in [0.4, 0.5) is 0 Å². The van der Waals surface area contributed by atoms with Crippen LogP contribution in [-0.4, -0.2) is 82.7 Å². The monoisotopic (exact) mass is 589 g/mol. The predicted octanol–water partition coefficient (Wildman–Crippen LogP) is -1.03. The lowest BCUT2D eigenvalue weighted by Crippen LogP contribution is -2.75. The van der Waals surface area contributed by atoms with Gasteiger partial charge in [-0.25, -0.2) is 0 Å². The smallest absolute Gasteiger partial charge is 0.241 e. The highest BCUT2D eigenvalue weighted by Gasteiger charge is 2.33. The third-order valence-corrected chi connectivity index (χ3v) is 11.6. The molecule has 0 aromatic heterocycles. The Bertz CT molecular complexity index is 756. The maximum atomic E-state index is 11.2. The first kappa shape index (κ1) is 33.3. The molecular weight excluding hydrogens is 539 g/mol. The normalized spacial score (nSPS) is 22.8. The zero-order valence-electron chi connectivity index (χ0n) is 22.9. The lowest BCUT2D eigenvalue weighted by Gasteiger charge is -2.35. The number of rotatable bonds is 22. The summed E-state index contributed by atoms with van der Waals surface area (Å²) in [5.74, 6) is 4.18. The molecule has 2 aliphatic carbocycles. The maximum Gasteiger partial charge on any atom is 0.241 e. The van der Waals surface area contributed by atoms with Crippen LogP contribution in [0.15, 0.2) is 0 Å². The van der Waals surface area contributed by atoms with Crippen molar-refractivity contribution in [1.29, 1.82) is 0 Å². The minimum atomic E-state index is -0.0832. The van der Waals surface area contributed by atoms with E-state index in [1.54, 1.807) is 0 Å². The third-order valence-electron chi connectivity index (χ3n) is 7.20. The highest BCUT2D eigenvalue weighted by Crippen LogP contribution is 2.40. The zero-order valence-corrected chi connectivity index (χ0v) is 25.3. The average Bonchev–Trinajstić information content (AvgIpc) is 2.89. The predicted molar refractivity (Wildman–Crippen MR) is 164 cm³/mol. The number of amidine groups is 1. The number of nitrogens with two attached hydrogens (primary N) is 4. The molecule has 38 heavy (non-hydrogen) atoms. The van der Waals surface area contributed by atoms with Crippen LogP contribution in [0.5, 0.6) is 0 Å². The Morgan fingerprint density at radius 1 is 0.789 bits per heavy atom. The molecule has 0 aromatic rings. The molecule has 0 spiro atoms. The maximum absolute atomic E-state index is 11.2. The molecular formula is C26H51N7O2S3+2. The molecule has 0 heterocycles. The topological polar surface area (TPSA) is 176 Å².